The SMILES string of the molecule is CCc1nn(C)c(CC2(C(C)C)CCCCCN2)c1Cl. The van der Waals surface area contributed by atoms with E-state index in [1.807, 2.05) is 11.7 Å². The largest absolute Gasteiger partial charge is 0.311 e. The highest BCUT2D eigenvalue weighted by molar-refractivity contribution is 6.31. The molecule has 1 saturated heterocycles. The number of rotatable bonds is 4. The van der Waals surface area contributed by atoms with Gasteiger partial charge >= 0.3 is 0 Å². The third-order valence-corrected chi connectivity index (χ3v) is 5.30. The van der Waals surface area contributed by atoms with Crippen LogP contribution >= 0.6 is 11.6 Å². The fourth-order valence-electron chi connectivity index (χ4n) is 3.33. The van der Waals surface area contributed by atoms with Gasteiger partial charge in [0.25, 0.3) is 0 Å². The van der Waals surface area contributed by atoms with Crippen LogP contribution in [0.2, 0.25) is 5.02 Å². The van der Waals surface area contributed by atoms with Gasteiger partial charge < -0.3 is 5.32 Å². The molecule has 1 N–H and O–H groups in total. The van der Waals surface area contributed by atoms with Gasteiger partial charge in [-0.15, -0.1) is 0 Å². The first kappa shape index (κ1) is 15.8. The quantitative estimate of drug-likeness (QED) is 0.917. The molecule has 114 valence electrons. The number of aryl methyl sites for hydroxylation is 2. The lowest BCUT2D eigenvalue weighted by Crippen LogP contribution is -2.51. The molecule has 2 heterocycles. The topological polar surface area (TPSA) is 29.9 Å². The smallest absolute Gasteiger partial charge is 0.0850 e. The summed E-state index contributed by atoms with van der Waals surface area (Å²) in [7, 11) is 2.02. The Bertz CT molecular complexity index is 443. The van der Waals surface area contributed by atoms with E-state index in [0.29, 0.717) is 5.92 Å². The van der Waals surface area contributed by atoms with Crippen molar-refractivity contribution in [1.82, 2.24) is 15.1 Å². The zero-order valence-electron chi connectivity index (χ0n) is 13.3. The van der Waals surface area contributed by atoms with E-state index >= 15 is 0 Å². The first-order valence-corrected chi connectivity index (χ1v) is 8.33. The molecule has 2 rings (SSSR count). The van der Waals surface area contributed by atoms with E-state index in [1.165, 1.54) is 31.4 Å². The Labute approximate surface area is 128 Å². The minimum atomic E-state index is 0.166. The average Bonchev–Trinajstić information content (AvgIpc) is 2.62. The van der Waals surface area contributed by atoms with E-state index in [0.717, 1.165) is 30.1 Å². The fraction of sp³-hybridized carbons (Fsp3) is 0.812. The van der Waals surface area contributed by atoms with Gasteiger partial charge in [0.05, 0.1) is 16.4 Å². The molecule has 0 aromatic carbocycles. The molecule has 1 unspecified atom stereocenters. The van der Waals surface area contributed by atoms with Gasteiger partial charge in [-0.05, 0) is 31.7 Å². The number of nitrogens with zero attached hydrogens (tertiary/aromatic N) is 2. The van der Waals surface area contributed by atoms with Crippen molar-refractivity contribution in [2.45, 2.75) is 64.8 Å². The predicted octanol–water partition coefficient (Wildman–Crippen LogP) is 3.74. The van der Waals surface area contributed by atoms with Crippen molar-refractivity contribution >= 4 is 11.6 Å². The van der Waals surface area contributed by atoms with Gasteiger partial charge in [-0.1, -0.05) is 45.2 Å². The number of halogens is 1. The molecule has 4 heteroatoms. The Kier molecular flexibility index (Phi) is 5.14. The molecule has 1 aliphatic rings. The maximum absolute atomic E-state index is 6.55. The second kappa shape index (κ2) is 6.48. The molecule has 1 aromatic rings. The number of nitrogens with one attached hydrogen (secondary N) is 1. The monoisotopic (exact) mass is 297 g/mol. The van der Waals surface area contributed by atoms with Crippen LogP contribution in [0.3, 0.4) is 0 Å². The van der Waals surface area contributed by atoms with Gasteiger partial charge in [0, 0.05) is 19.0 Å². The predicted molar refractivity (Wildman–Crippen MR) is 85.3 cm³/mol. The second-order valence-corrected chi connectivity index (χ2v) is 6.79. The number of aromatic nitrogens is 2. The second-order valence-electron chi connectivity index (χ2n) is 6.41. The minimum Gasteiger partial charge on any atom is -0.311 e. The minimum absolute atomic E-state index is 0.166. The first-order valence-electron chi connectivity index (χ1n) is 7.95. The van der Waals surface area contributed by atoms with Crippen molar-refractivity contribution in [3.05, 3.63) is 16.4 Å². The molecule has 1 atom stereocenters. The Morgan fingerprint density at radius 1 is 1.35 bits per heavy atom. The molecule has 0 saturated carbocycles. The van der Waals surface area contributed by atoms with Crippen molar-refractivity contribution < 1.29 is 0 Å². The molecule has 20 heavy (non-hydrogen) atoms. The van der Waals surface area contributed by atoms with Crippen LogP contribution in [-0.4, -0.2) is 21.9 Å². The van der Waals surface area contributed by atoms with Crippen LogP contribution in [0.5, 0.6) is 0 Å². The number of hydrogen-bond donors (Lipinski definition) is 1. The van der Waals surface area contributed by atoms with E-state index < -0.39 is 0 Å². The molecule has 3 nitrogen and oxygen atoms in total. The molecule has 0 bridgehead atoms. The Morgan fingerprint density at radius 2 is 2.10 bits per heavy atom. The summed E-state index contributed by atoms with van der Waals surface area (Å²) in [5, 5.41) is 9.27. The van der Waals surface area contributed by atoms with Crippen LogP contribution in [0, 0.1) is 5.92 Å². The molecular weight excluding hydrogens is 270 g/mol. The average molecular weight is 298 g/mol. The lowest BCUT2D eigenvalue weighted by Gasteiger charge is -2.38. The highest BCUT2D eigenvalue weighted by atomic mass is 35.5. The molecule has 1 aromatic heterocycles. The molecule has 1 fully saturated rings. The van der Waals surface area contributed by atoms with Crippen molar-refractivity contribution in [3.8, 4) is 0 Å². The normalized spacial score (nSPS) is 24.1. The molecule has 1 aliphatic heterocycles. The Morgan fingerprint density at radius 3 is 2.70 bits per heavy atom. The summed E-state index contributed by atoms with van der Waals surface area (Å²) >= 11 is 6.55. The lowest BCUT2D eigenvalue weighted by molar-refractivity contribution is 0.222. The molecule has 0 aliphatic carbocycles. The summed E-state index contributed by atoms with van der Waals surface area (Å²) in [4.78, 5) is 0. The van der Waals surface area contributed by atoms with E-state index in [2.05, 4.69) is 31.2 Å². The van der Waals surface area contributed by atoms with Crippen molar-refractivity contribution in [2.75, 3.05) is 6.54 Å². The molecule has 0 radical (unpaired) electrons. The molecule has 0 amide bonds. The summed E-state index contributed by atoms with van der Waals surface area (Å²) in [5.74, 6) is 0.594. The third kappa shape index (κ3) is 3.04. The van der Waals surface area contributed by atoms with Crippen LogP contribution < -0.4 is 5.32 Å². The third-order valence-electron chi connectivity index (χ3n) is 4.87. The zero-order valence-corrected chi connectivity index (χ0v) is 14.1. The summed E-state index contributed by atoms with van der Waals surface area (Å²) in [6.45, 7) is 7.88. The van der Waals surface area contributed by atoms with Gasteiger partial charge in [0.2, 0.25) is 0 Å². The first-order chi connectivity index (χ1) is 9.50. The fourth-order valence-corrected chi connectivity index (χ4v) is 3.69. The number of hydrogen-bond acceptors (Lipinski definition) is 2. The lowest BCUT2D eigenvalue weighted by atomic mass is 9.78. The molecular formula is C16H28ClN3. The van der Waals surface area contributed by atoms with Gasteiger partial charge in [0.1, 0.15) is 0 Å². The zero-order chi connectivity index (χ0) is 14.8. The summed E-state index contributed by atoms with van der Waals surface area (Å²) in [6.07, 6.45) is 7.03. The van der Waals surface area contributed by atoms with Gasteiger partial charge in [-0.3, -0.25) is 4.68 Å². The highest BCUT2D eigenvalue weighted by Crippen LogP contribution is 2.33. The Hall–Kier alpha value is -0.540. The van der Waals surface area contributed by atoms with Crippen LogP contribution in [0.15, 0.2) is 0 Å². The summed E-state index contributed by atoms with van der Waals surface area (Å²) in [5.41, 5.74) is 2.38. The van der Waals surface area contributed by atoms with Crippen molar-refractivity contribution in [3.63, 3.8) is 0 Å². The maximum Gasteiger partial charge on any atom is 0.0850 e. The summed E-state index contributed by atoms with van der Waals surface area (Å²) in [6, 6.07) is 0. The van der Waals surface area contributed by atoms with E-state index in [4.69, 9.17) is 11.6 Å². The van der Waals surface area contributed by atoms with Crippen LogP contribution in [0.25, 0.3) is 0 Å². The van der Waals surface area contributed by atoms with Crippen LogP contribution in [0.1, 0.15) is 57.8 Å². The highest BCUT2D eigenvalue weighted by Gasteiger charge is 2.36. The van der Waals surface area contributed by atoms with Crippen molar-refractivity contribution in [1.29, 1.82) is 0 Å². The van der Waals surface area contributed by atoms with Crippen LogP contribution in [0.4, 0.5) is 0 Å². The van der Waals surface area contributed by atoms with E-state index in [1.54, 1.807) is 0 Å². The van der Waals surface area contributed by atoms with Gasteiger partial charge in [0.15, 0.2) is 0 Å². The standard InChI is InChI=1S/C16H28ClN3/c1-5-13-15(17)14(20(4)19-13)11-16(12(2)3)9-7-6-8-10-18-16/h12,18H,5-11H2,1-4H3. The maximum atomic E-state index is 6.55. The molecule has 0 spiro atoms. The van der Waals surface area contributed by atoms with E-state index in [9.17, 15) is 0 Å². The van der Waals surface area contributed by atoms with Crippen molar-refractivity contribution in [2.24, 2.45) is 13.0 Å². The van der Waals surface area contributed by atoms with Gasteiger partial charge in [-0.2, -0.15) is 5.10 Å². The summed E-state index contributed by atoms with van der Waals surface area (Å²) < 4.78 is 1.98. The Balaban J connectivity index is 2.30. The van der Waals surface area contributed by atoms with Crippen LogP contribution in [-0.2, 0) is 19.9 Å². The van der Waals surface area contributed by atoms with Gasteiger partial charge in [-0.25, -0.2) is 0 Å². The van der Waals surface area contributed by atoms with E-state index in [-0.39, 0.29) is 5.54 Å².